The summed E-state index contributed by atoms with van der Waals surface area (Å²) in [5.74, 6) is 5.96. The van der Waals surface area contributed by atoms with Gasteiger partial charge in [-0.25, -0.2) is 0 Å². The monoisotopic (exact) mass is 265 g/mol. The number of rotatable bonds is 6. The molecule has 1 saturated carbocycles. The lowest BCUT2D eigenvalue weighted by atomic mass is 10.1. The maximum absolute atomic E-state index is 10.8. The molecule has 3 N–H and O–H groups in total. The number of hydrogen-bond acceptors (Lipinski definition) is 5. The first-order chi connectivity index (χ1) is 9.20. The molecule has 1 aliphatic carbocycles. The second kappa shape index (κ2) is 6.49. The highest BCUT2D eigenvalue weighted by molar-refractivity contribution is 5.61. The highest BCUT2D eigenvalue weighted by Crippen LogP contribution is 2.26. The first-order valence-corrected chi connectivity index (χ1v) is 6.52. The summed E-state index contributed by atoms with van der Waals surface area (Å²) in [4.78, 5) is 10.3. The lowest BCUT2D eigenvalue weighted by molar-refractivity contribution is -0.384. The van der Waals surface area contributed by atoms with Crippen molar-refractivity contribution in [2.24, 2.45) is 11.8 Å². The van der Waals surface area contributed by atoms with Crippen molar-refractivity contribution < 1.29 is 9.66 Å². The highest BCUT2D eigenvalue weighted by atomic mass is 16.6. The number of nitro benzene ring substituents is 1. The highest BCUT2D eigenvalue weighted by Gasteiger charge is 2.16. The fourth-order valence-corrected chi connectivity index (χ4v) is 2.47. The molecule has 2 rings (SSSR count). The molecule has 0 aliphatic heterocycles. The van der Waals surface area contributed by atoms with Gasteiger partial charge in [-0.15, -0.1) is 0 Å². The normalized spacial score (nSPS) is 15.6. The Labute approximate surface area is 112 Å². The maximum Gasteiger partial charge on any atom is 0.293 e. The van der Waals surface area contributed by atoms with E-state index in [-0.39, 0.29) is 5.69 Å². The van der Waals surface area contributed by atoms with E-state index in [0.29, 0.717) is 18.2 Å². The van der Waals surface area contributed by atoms with Gasteiger partial charge in [0.15, 0.2) is 0 Å². The lowest BCUT2D eigenvalue weighted by Crippen LogP contribution is -2.10. The minimum atomic E-state index is -0.460. The predicted octanol–water partition coefficient (Wildman–Crippen LogP) is 2.59. The van der Waals surface area contributed by atoms with Gasteiger partial charge in [-0.1, -0.05) is 12.8 Å². The van der Waals surface area contributed by atoms with E-state index in [0.717, 1.165) is 12.2 Å². The molecule has 1 aliphatic rings. The van der Waals surface area contributed by atoms with E-state index >= 15 is 0 Å². The molecule has 104 valence electrons. The van der Waals surface area contributed by atoms with Crippen LogP contribution in [0.15, 0.2) is 18.2 Å². The van der Waals surface area contributed by atoms with E-state index in [1.807, 2.05) is 0 Å². The minimum Gasteiger partial charge on any atom is -0.376 e. The van der Waals surface area contributed by atoms with E-state index < -0.39 is 4.92 Å². The van der Waals surface area contributed by atoms with Crippen molar-refractivity contribution in [3.63, 3.8) is 0 Å². The lowest BCUT2D eigenvalue weighted by Gasteiger charge is -2.10. The molecule has 0 aromatic heterocycles. The summed E-state index contributed by atoms with van der Waals surface area (Å²) < 4.78 is 5.67. The van der Waals surface area contributed by atoms with Crippen molar-refractivity contribution in [2.45, 2.75) is 32.3 Å². The molecule has 0 spiro atoms. The van der Waals surface area contributed by atoms with Crippen LogP contribution in [0.4, 0.5) is 11.4 Å². The third-order valence-electron chi connectivity index (χ3n) is 3.51. The molecule has 0 atom stereocenters. The zero-order valence-corrected chi connectivity index (χ0v) is 10.8. The second-order valence-electron chi connectivity index (χ2n) is 4.92. The molecule has 1 aromatic rings. The third-order valence-corrected chi connectivity index (χ3v) is 3.51. The largest absolute Gasteiger partial charge is 0.376 e. The average molecular weight is 265 g/mol. The molecule has 0 unspecified atom stereocenters. The van der Waals surface area contributed by atoms with Crippen molar-refractivity contribution >= 4 is 11.4 Å². The molecular weight excluding hydrogens is 246 g/mol. The van der Waals surface area contributed by atoms with Gasteiger partial charge in [0, 0.05) is 12.7 Å². The van der Waals surface area contributed by atoms with E-state index in [1.54, 1.807) is 12.1 Å². The molecule has 19 heavy (non-hydrogen) atoms. The van der Waals surface area contributed by atoms with Gasteiger partial charge in [0.1, 0.15) is 5.69 Å². The molecule has 6 heteroatoms. The molecule has 1 fully saturated rings. The number of nitrogens with one attached hydrogen (secondary N) is 1. The van der Waals surface area contributed by atoms with E-state index in [2.05, 4.69) is 5.43 Å². The Morgan fingerprint density at radius 3 is 2.79 bits per heavy atom. The second-order valence-corrected chi connectivity index (χ2v) is 4.92. The number of nitrogens with zero attached hydrogens (tertiary/aromatic N) is 1. The quantitative estimate of drug-likeness (QED) is 0.468. The Bertz CT molecular complexity index is 445. The summed E-state index contributed by atoms with van der Waals surface area (Å²) in [5, 5.41) is 10.8. The topological polar surface area (TPSA) is 90.4 Å². The zero-order valence-electron chi connectivity index (χ0n) is 10.8. The molecule has 1 aromatic carbocycles. The SMILES string of the molecule is NNc1cc(COCC2CCCC2)ccc1[N+](=O)[O-]. The molecule has 6 nitrogen and oxygen atoms in total. The molecular formula is C13H19N3O3. The number of ether oxygens (including phenoxy) is 1. The number of benzene rings is 1. The first-order valence-electron chi connectivity index (χ1n) is 6.52. The van der Waals surface area contributed by atoms with Crippen LogP contribution in [0.25, 0.3) is 0 Å². The van der Waals surface area contributed by atoms with Gasteiger partial charge < -0.3 is 10.2 Å². The Kier molecular flexibility index (Phi) is 4.70. The Morgan fingerprint density at radius 2 is 2.16 bits per heavy atom. The maximum atomic E-state index is 10.8. The van der Waals surface area contributed by atoms with Crippen LogP contribution in [0.3, 0.4) is 0 Å². The standard InChI is InChI=1S/C13H19N3O3/c14-15-12-7-11(5-6-13(12)16(17)18)9-19-8-10-3-1-2-4-10/h5-7,10,15H,1-4,8-9,14H2. The first kappa shape index (κ1) is 13.8. The van der Waals surface area contributed by atoms with E-state index in [1.165, 1.54) is 31.7 Å². The van der Waals surface area contributed by atoms with Crippen molar-refractivity contribution in [3.05, 3.63) is 33.9 Å². The summed E-state index contributed by atoms with van der Waals surface area (Å²) in [5.41, 5.74) is 3.52. The van der Waals surface area contributed by atoms with Crippen molar-refractivity contribution in [3.8, 4) is 0 Å². The molecule has 0 radical (unpaired) electrons. The van der Waals surface area contributed by atoms with Gasteiger partial charge >= 0.3 is 0 Å². The van der Waals surface area contributed by atoms with Gasteiger partial charge in [-0.3, -0.25) is 16.0 Å². The number of nitrogens with two attached hydrogens (primary N) is 1. The van der Waals surface area contributed by atoms with Crippen LogP contribution in [0, 0.1) is 16.0 Å². The number of hydrazine groups is 1. The van der Waals surface area contributed by atoms with Crippen LogP contribution in [-0.2, 0) is 11.3 Å². The van der Waals surface area contributed by atoms with Crippen molar-refractivity contribution in [2.75, 3.05) is 12.0 Å². The van der Waals surface area contributed by atoms with Gasteiger partial charge in [0.25, 0.3) is 5.69 Å². The van der Waals surface area contributed by atoms with Crippen LogP contribution in [0.5, 0.6) is 0 Å². The molecule has 0 heterocycles. The van der Waals surface area contributed by atoms with Crippen molar-refractivity contribution in [1.29, 1.82) is 0 Å². The van der Waals surface area contributed by atoms with Gasteiger partial charge in [0.2, 0.25) is 0 Å². The van der Waals surface area contributed by atoms with Crippen LogP contribution in [0.2, 0.25) is 0 Å². The van der Waals surface area contributed by atoms with Crippen molar-refractivity contribution in [1.82, 2.24) is 0 Å². The molecule has 0 amide bonds. The van der Waals surface area contributed by atoms with Crippen LogP contribution < -0.4 is 11.3 Å². The summed E-state index contributed by atoms with van der Waals surface area (Å²) in [6.07, 6.45) is 5.09. The Morgan fingerprint density at radius 1 is 1.42 bits per heavy atom. The third kappa shape index (κ3) is 3.65. The number of hydrogen-bond donors (Lipinski definition) is 2. The summed E-state index contributed by atoms with van der Waals surface area (Å²) in [7, 11) is 0. The van der Waals surface area contributed by atoms with E-state index in [4.69, 9.17) is 10.6 Å². The van der Waals surface area contributed by atoms with Gasteiger partial charge in [0.05, 0.1) is 11.5 Å². The zero-order chi connectivity index (χ0) is 13.7. The van der Waals surface area contributed by atoms with Crippen LogP contribution >= 0.6 is 0 Å². The summed E-state index contributed by atoms with van der Waals surface area (Å²) in [6, 6.07) is 4.81. The number of anilines is 1. The summed E-state index contributed by atoms with van der Waals surface area (Å²) in [6.45, 7) is 1.23. The fourth-order valence-electron chi connectivity index (χ4n) is 2.47. The minimum absolute atomic E-state index is 0.0259. The average Bonchev–Trinajstić information content (AvgIpc) is 2.91. The van der Waals surface area contributed by atoms with Gasteiger partial charge in [-0.05, 0) is 36.5 Å². The van der Waals surface area contributed by atoms with E-state index in [9.17, 15) is 10.1 Å². The number of nitrogen functional groups attached to an aromatic ring is 1. The molecule has 0 saturated heterocycles. The predicted molar refractivity (Wildman–Crippen MR) is 72.5 cm³/mol. The Balaban J connectivity index is 1.91. The van der Waals surface area contributed by atoms with Gasteiger partial charge in [-0.2, -0.15) is 0 Å². The molecule has 0 bridgehead atoms. The number of nitro groups is 1. The smallest absolute Gasteiger partial charge is 0.293 e. The Hall–Kier alpha value is -1.66. The summed E-state index contributed by atoms with van der Waals surface area (Å²) >= 11 is 0. The van der Waals surface area contributed by atoms with Crippen LogP contribution in [-0.4, -0.2) is 11.5 Å². The van der Waals surface area contributed by atoms with Crippen LogP contribution in [0.1, 0.15) is 31.2 Å². The fraction of sp³-hybridized carbons (Fsp3) is 0.538.